The van der Waals surface area contributed by atoms with Gasteiger partial charge in [-0.25, -0.2) is 4.98 Å². The molecule has 0 radical (unpaired) electrons. The summed E-state index contributed by atoms with van der Waals surface area (Å²) in [6, 6.07) is 8.31. The highest BCUT2D eigenvalue weighted by molar-refractivity contribution is 5.59. The van der Waals surface area contributed by atoms with E-state index in [4.69, 9.17) is 10.3 Å². The first-order valence-corrected chi connectivity index (χ1v) is 9.18. The molecule has 0 unspecified atom stereocenters. The van der Waals surface area contributed by atoms with Crippen molar-refractivity contribution >= 4 is 5.82 Å². The minimum atomic E-state index is 0.126. The average Bonchev–Trinajstić information content (AvgIpc) is 3.25. The quantitative estimate of drug-likeness (QED) is 0.572. The van der Waals surface area contributed by atoms with E-state index >= 15 is 0 Å². The van der Waals surface area contributed by atoms with E-state index in [1.54, 1.807) is 23.3 Å². The molecule has 8 heteroatoms. The van der Waals surface area contributed by atoms with Crippen LogP contribution in [-0.2, 0) is 7.05 Å². The highest BCUT2D eigenvalue weighted by atomic mass is 16.5. The Hall–Kier alpha value is -3.55. The molecule has 1 saturated carbocycles. The van der Waals surface area contributed by atoms with Crippen LogP contribution < -0.4 is 5.73 Å². The first-order valence-electron chi connectivity index (χ1n) is 9.18. The number of rotatable bonds is 5. The third-order valence-corrected chi connectivity index (χ3v) is 5.00. The molecule has 3 aromatic heterocycles. The zero-order valence-electron chi connectivity index (χ0n) is 15.4. The molecule has 1 fully saturated rings. The maximum atomic E-state index is 5.62. The zero-order valence-corrected chi connectivity index (χ0v) is 15.4. The molecule has 2 N–H and O–H groups in total. The van der Waals surface area contributed by atoms with Crippen molar-refractivity contribution in [2.24, 2.45) is 13.0 Å². The molecular formula is C20H19N7O. The van der Waals surface area contributed by atoms with Gasteiger partial charge in [0.1, 0.15) is 5.82 Å². The van der Waals surface area contributed by atoms with Gasteiger partial charge < -0.3 is 10.3 Å². The molecule has 0 aliphatic heterocycles. The van der Waals surface area contributed by atoms with Crippen molar-refractivity contribution in [2.45, 2.75) is 18.8 Å². The Morgan fingerprint density at radius 2 is 1.89 bits per heavy atom. The summed E-state index contributed by atoms with van der Waals surface area (Å²) in [6.07, 6.45) is 9.19. The Morgan fingerprint density at radius 1 is 1.07 bits per heavy atom. The molecule has 0 bridgehead atoms. The van der Waals surface area contributed by atoms with Gasteiger partial charge in [-0.15, -0.1) is 0 Å². The Balaban J connectivity index is 1.44. The van der Waals surface area contributed by atoms with Crippen LogP contribution in [0.25, 0.3) is 22.7 Å². The van der Waals surface area contributed by atoms with Crippen LogP contribution in [0.3, 0.4) is 0 Å². The number of aromatic nitrogens is 6. The summed E-state index contributed by atoms with van der Waals surface area (Å²) in [6.45, 7) is 0. The van der Waals surface area contributed by atoms with Crippen molar-refractivity contribution in [1.29, 1.82) is 0 Å². The molecule has 0 spiro atoms. The topological polar surface area (TPSA) is 109 Å². The van der Waals surface area contributed by atoms with E-state index in [2.05, 4.69) is 37.3 Å². The minimum Gasteiger partial charge on any atom is -0.382 e. The predicted octanol–water partition coefficient (Wildman–Crippen LogP) is 3.05. The van der Waals surface area contributed by atoms with Crippen LogP contribution in [0.4, 0.5) is 5.82 Å². The molecule has 1 aliphatic carbocycles. The van der Waals surface area contributed by atoms with Crippen LogP contribution in [0, 0.1) is 5.92 Å². The van der Waals surface area contributed by atoms with Crippen LogP contribution in [0.5, 0.6) is 0 Å². The van der Waals surface area contributed by atoms with Gasteiger partial charge in [-0.2, -0.15) is 10.1 Å². The lowest BCUT2D eigenvalue weighted by molar-refractivity contribution is 0.416. The lowest BCUT2D eigenvalue weighted by Gasteiger charge is -2.13. The normalized spacial score (nSPS) is 14.9. The summed E-state index contributed by atoms with van der Waals surface area (Å²) in [5.41, 5.74) is 9.41. The van der Waals surface area contributed by atoms with Crippen molar-refractivity contribution < 1.29 is 4.52 Å². The smallest absolute Gasteiger partial charge is 0.261 e. The van der Waals surface area contributed by atoms with Gasteiger partial charge in [-0.1, -0.05) is 29.4 Å². The first kappa shape index (κ1) is 16.6. The summed E-state index contributed by atoms with van der Waals surface area (Å²) >= 11 is 0. The Bertz CT molecular complexity index is 1090. The molecule has 1 atom stereocenters. The molecule has 0 saturated heterocycles. The van der Waals surface area contributed by atoms with Crippen molar-refractivity contribution in [3.63, 3.8) is 0 Å². The van der Waals surface area contributed by atoms with E-state index in [-0.39, 0.29) is 5.92 Å². The van der Waals surface area contributed by atoms with E-state index < -0.39 is 0 Å². The number of nitrogens with zero attached hydrogens (tertiary/aromatic N) is 6. The van der Waals surface area contributed by atoms with E-state index in [1.807, 2.05) is 25.4 Å². The monoisotopic (exact) mass is 373 g/mol. The SMILES string of the molecule is Cn1cc(-c2nc([C@@H](c3ccc(-c4cnc(N)cn4)cc3)C3CC3)no2)cn1. The highest BCUT2D eigenvalue weighted by Gasteiger charge is 2.36. The average molecular weight is 373 g/mol. The number of anilines is 1. The summed E-state index contributed by atoms with van der Waals surface area (Å²) in [5, 5.41) is 8.44. The molecular weight excluding hydrogens is 354 g/mol. The zero-order chi connectivity index (χ0) is 19.1. The molecule has 140 valence electrons. The Morgan fingerprint density at radius 3 is 2.54 bits per heavy atom. The molecule has 3 heterocycles. The van der Waals surface area contributed by atoms with Crippen LogP contribution >= 0.6 is 0 Å². The van der Waals surface area contributed by atoms with Crippen LogP contribution in [0.2, 0.25) is 0 Å². The summed E-state index contributed by atoms with van der Waals surface area (Å²) < 4.78 is 7.22. The van der Waals surface area contributed by atoms with Crippen molar-refractivity contribution in [1.82, 2.24) is 29.9 Å². The van der Waals surface area contributed by atoms with Gasteiger partial charge in [0.15, 0.2) is 5.82 Å². The molecule has 0 amide bonds. The van der Waals surface area contributed by atoms with Gasteiger partial charge in [0.25, 0.3) is 5.89 Å². The van der Waals surface area contributed by atoms with Gasteiger partial charge in [0, 0.05) is 18.8 Å². The maximum absolute atomic E-state index is 5.62. The predicted molar refractivity (Wildman–Crippen MR) is 103 cm³/mol. The molecule has 28 heavy (non-hydrogen) atoms. The van der Waals surface area contributed by atoms with E-state index in [1.165, 1.54) is 18.4 Å². The molecule has 8 nitrogen and oxygen atoms in total. The highest BCUT2D eigenvalue weighted by Crippen LogP contribution is 2.46. The lowest BCUT2D eigenvalue weighted by atomic mass is 9.92. The van der Waals surface area contributed by atoms with Crippen LogP contribution in [0.15, 0.2) is 53.6 Å². The molecule has 1 aliphatic rings. The van der Waals surface area contributed by atoms with Crippen LogP contribution in [0.1, 0.15) is 30.1 Å². The van der Waals surface area contributed by atoms with Crippen molar-refractivity contribution in [2.75, 3.05) is 5.73 Å². The number of nitrogens with two attached hydrogens (primary N) is 1. The van der Waals surface area contributed by atoms with Crippen molar-refractivity contribution in [3.05, 3.63) is 60.4 Å². The van der Waals surface area contributed by atoms with Gasteiger partial charge >= 0.3 is 0 Å². The summed E-state index contributed by atoms with van der Waals surface area (Å²) in [5.74, 6) is 2.31. The minimum absolute atomic E-state index is 0.126. The fraction of sp³-hybridized carbons (Fsp3) is 0.250. The fourth-order valence-electron chi connectivity index (χ4n) is 3.42. The summed E-state index contributed by atoms with van der Waals surface area (Å²) in [7, 11) is 1.86. The third kappa shape index (κ3) is 3.13. The molecule has 5 rings (SSSR count). The number of aryl methyl sites for hydroxylation is 1. The van der Waals surface area contributed by atoms with E-state index in [0.29, 0.717) is 17.6 Å². The van der Waals surface area contributed by atoms with E-state index in [9.17, 15) is 0 Å². The number of nitrogen functional groups attached to an aromatic ring is 1. The van der Waals surface area contributed by atoms with E-state index in [0.717, 1.165) is 22.6 Å². The van der Waals surface area contributed by atoms with Gasteiger partial charge in [0.2, 0.25) is 0 Å². The second kappa shape index (κ2) is 6.56. The largest absolute Gasteiger partial charge is 0.382 e. The van der Waals surface area contributed by atoms with Crippen LogP contribution in [-0.4, -0.2) is 29.9 Å². The van der Waals surface area contributed by atoms with Gasteiger partial charge in [-0.3, -0.25) is 9.67 Å². The number of hydrogen-bond donors (Lipinski definition) is 1. The second-order valence-electron chi connectivity index (χ2n) is 7.12. The van der Waals surface area contributed by atoms with Gasteiger partial charge in [0.05, 0.1) is 35.8 Å². The fourth-order valence-corrected chi connectivity index (χ4v) is 3.42. The summed E-state index contributed by atoms with van der Waals surface area (Å²) in [4.78, 5) is 13.1. The number of benzene rings is 1. The van der Waals surface area contributed by atoms with Gasteiger partial charge in [-0.05, 0) is 24.3 Å². The second-order valence-corrected chi connectivity index (χ2v) is 7.12. The molecule has 4 aromatic rings. The first-order chi connectivity index (χ1) is 13.7. The standard InChI is InChI=1S/C20H19N7O/c1-27-11-15(8-24-27)20-25-19(26-28-20)18(14-6-7-14)13-4-2-12(3-5-13)16-9-23-17(21)10-22-16/h2-5,8-11,14,18H,6-7H2,1H3,(H2,21,23)/t18-/m0/s1. The third-order valence-electron chi connectivity index (χ3n) is 5.00. The maximum Gasteiger partial charge on any atom is 0.261 e. The lowest BCUT2D eigenvalue weighted by Crippen LogP contribution is -2.05. The Labute approximate surface area is 161 Å². The molecule has 1 aromatic carbocycles. The Kier molecular flexibility index (Phi) is 3.89. The van der Waals surface area contributed by atoms with Crippen molar-refractivity contribution in [3.8, 4) is 22.7 Å². The number of hydrogen-bond acceptors (Lipinski definition) is 7.